The summed E-state index contributed by atoms with van der Waals surface area (Å²) in [6.07, 6.45) is 0. The van der Waals surface area contributed by atoms with Crippen LogP contribution in [0, 0.1) is 10.1 Å². The maximum absolute atomic E-state index is 11.9. The van der Waals surface area contributed by atoms with Crippen LogP contribution in [0.15, 0.2) is 52.3 Å². The van der Waals surface area contributed by atoms with E-state index < -0.39 is 16.9 Å². The molecule has 0 atom stereocenters. The molecule has 2 rings (SSSR count). The minimum atomic E-state index is -0.660. The molecule has 0 amide bonds. The fourth-order valence-corrected chi connectivity index (χ4v) is 2.81. The van der Waals surface area contributed by atoms with Crippen LogP contribution in [0.3, 0.4) is 0 Å². The predicted molar refractivity (Wildman–Crippen MR) is 86.3 cm³/mol. The standard InChI is InChI=1S/C16H13NO6S/c1-22-15(18)10-3-6-12(7-4-10)24-14-8-5-11(17(20)21)9-13(14)16(19)23-2/h3-9H,1-2H3. The van der Waals surface area contributed by atoms with Crippen molar-refractivity contribution in [3.63, 3.8) is 0 Å². The predicted octanol–water partition coefficient (Wildman–Crippen LogP) is 3.32. The number of esters is 2. The topological polar surface area (TPSA) is 95.7 Å². The number of nitro benzene ring substituents is 1. The largest absolute Gasteiger partial charge is 0.465 e. The number of nitro groups is 1. The van der Waals surface area contributed by atoms with Gasteiger partial charge in [0.1, 0.15) is 0 Å². The van der Waals surface area contributed by atoms with E-state index in [-0.39, 0.29) is 11.3 Å². The van der Waals surface area contributed by atoms with E-state index in [1.54, 1.807) is 24.3 Å². The van der Waals surface area contributed by atoms with Crippen LogP contribution < -0.4 is 0 Å². The van der Waals surface area contributed by atoms with Crippen molar-refractivity contribution >= 4 is 29.4 Å². The van der Waals surface area contributed by atoms with E-state index in [4.69, 9.17) is 0 Å². The van der Waals surface area contributed by atoms with Crippen molar-refractivity contribution in [2.45, 2.75) is 9.79 Å². The SMILES string of the molecule is COC(=O)c1ccc(Sc2ccc([N+](=O)[O-])cc2C(=O)OC)cc1. The zero-order valence-electron chi connectivity index (χ0n) is 12.8. The third kappa shape index (κ3) is 3.90. The van der Waals surface area contributed by atoms with Gasteiger partial charge in [0.15, 0.2) is 0 Å². The molecular formula is C16H13NO6S. The molecule has 0 N–H and O–H groups in total. The van der Waals surface area contributed by atoms with Crippen LogP contribution in [0.4, 0.5) is 5.69 Å². The molecule has 124 valence electrons. The summed E-state index contributed by atoms with van der Waals surface area (Å²) in [6.45, 7) is 0. The molecule has 7 nitrogen and oxygen atoms in total. The first-order chi connectivity index (χ1) is 11.5. The average molecular weight is 347 g/mol. The molecule has 8 heteroatoms. The van der Waals surface area contributed by atoms with Gasteiger partial charge in [-0.2, -0.15) is 0 Å². The second-order valence-electron chi connectivity index (χ2n) is 4.55. The van der Waals surface area contributed by atoms with Gasteiger partial charge in [0.05, 0.1) is 30.3 Å². The van der Waals surface area contributed by atoms with Crippen molar-refractivity contribution in [3.8, 4) is 0 Å². The maximum Gasteiger partial charge on any atom is 0.339 e. The van der Waals surface area contributed by atoms with Gasteiger partial charge in [0, 0.05) is 21.9 Å². The normalized spacial score (nSPS) is 10.1. The third-order valence-electron chi connectivity index (χ3n) is 3.08. The molecule has 0 heterocycles. The van der Waals surface area contributed by atoms with Crippen LogP contribution in [-0.4, -0.2) is 31.1 Å². The average Bonchev–Trinajstić information content (AvgIpc) is 2.61. The Morgan fingerprint density at radius 1 is 1.00 bits per heavy atom. The van der Waals surface area contributed by atoms with E-state index in [0.29, 0.717) is 10.5 Å². The zero-order chi connectivity index (χ0) is 17.7. The zero-order valence-corrected chi connectivity index (χ0v) is 13.7. The molecule has 0 aliphatic carbocycles. The summed E-state index contributed by atoms with van der Waals surface area (Å²) in [6, 6.07) is 10.6. The first-order valence-electron chi connectivity index (χ1n) is 6.69. The molecule has 0 saturated carbocycles. The van der Waals surface area contributed by atoms with E-state index in [2.05, 4.69) is 9.47 Å². The van der Waals surface area contributed by atoms with Crippen molar-refractivity contribution in [3.05, 3.63) is 63.7 Å². The van der Waals surface area contributed by atoms with E-state index in [1.807, 2.05) is 0 Å². The summed E-state index contributed by atoms with van der Waals surface area (Å²) >= 11 is 1.23. The molecule has 0 unspecified atom stereocenters. The Morgan fingerprint density at radius 3 is 2.17 bits per heavy atom. The van der Waals surface area contributed by atoms with Crippen molar-refractivity contribution in [2.75, 3.05) is 14.2 Å². The number of carbonyl (C=O) groups excluding carboxylic acids is 2. The Hall–Kier alpha value is -2.87. The number of rotatable bonds is 5. The van der Waals surface area contributed by atoms with E-state index in [1.165, 1.54) is 44.2 Å². The second-order valence-corrected chi connectivity index (χ2v) is 5.66. The number of carbonyl (C=O) groups is 2. The number of hydrogen-bond acceptors (Lipinski definition) is 7. The first kappa shape index (κ1) is 17.5. The summed E-state index contributed by atoms with van der Waals surface area (Å²) in [4.78, 5) is 34.8. The van der Waals surface area contributed by atoms with Gasteiger partial charge in [0.2, 0.25) is 0 Å². The number of methoxy groups -OCH3 is 2. The minimum Gasteiger partial charge on any atom is -0.465 e. The smallest absolute Gasteiger partial charge is 0.339 e. The molecule has 0 aliphatic rings. The Labute approximate surface area is 141 Å². The van der Waals surface area contributed by atoms with Gasteiger partial charge >= 0.3 is 11.9 Å². The highest BCUT2D eigenvalue weighted by atomic mass is 32.2. The highest BCUT2D eigenvalue weighted by Gasteiger charge is 2.18. The van der Waals surface area contributed by atoms with Crippen molar-refractivity contribution in [1.82, 2.24) is 0 Å². The van der Waals surface area contributed by atoms with Gasteiger partial charge in [0.25, 0.3) is 5.69 Å². The van der Waals surface area contributed by atoms with E-state index in [0.717, 1.165) is 4.90 Å². The Bertz CT molecular complexity index is 788. The summed E-state index contributed by atoms with van der Waals surface area (Å²) in [5.41, 5.74) is 0.313. The fraction of sp³-hybridized carbons (Fsp3) is 0.125. The van der Waals surface area contributed by atoms with Crippen LogP contribution in [-0.2, 0) is 9.47 Å². The van der Waals surface area contributed by atoms with E-state index >= 15 is 0 Å². The van der Waals surface area contributed by atoms with Gasteiger partial charge < -0.3 is 9.47 Å². The van der Waals surface area contributed by atoms with Crippen molar-refractivity contribution < 1.29 is 24.0 Å². The van der Waals surface area contributed by atoms with Crippen LogP contribution in [0.1, 0.15) is 20.7 Å². The lowest BCUT2D eigenvalue weighted by Crippen LogP contribution is -2.04. The monoisotopic (exact) mass is 347 g/mol. The van der Waals surface area contributed by atoms with Crippen molar-refractivity contribution in [1.29, 1.82) is 0 Å². The molecule has 2 aromatic carbocycles. The van der Waals surface area contributed by atoms with Gasteiger partial charge in [-0.05, 0) is 30.3 Å². The highest BCUT2D eigenvalue weighted by molar-refractivity contribution is 7.99. The molecule has 0 saturated heterocycles. The maximum atomic E-state index is 11.9. The Balaban J connectivity index is 2.33. The van der Waals surface area contributed by atoms with Gasteiger partial charge in [-0.15, -0.1) is 0 Å². The molecule has 2 aromatic rings. The number of ether oxygens (including phenoxy) is 2. The first-order valence-corrected chi connectivity index (χ1v) is 7.51. The quantitative estimate of drug-likeness (QED) is 0.465. The number of nitrogens with zero attached hydrogens (tertiary/aromatic N) is 1. The number of hydrogen-bond donors (Lipinski definition) is 0. The Kier molecular flexibility index (Phi) is 5.54. The minimum absolute atomic E-state index is 0.105. The lowest BCUT2D eigenvalue weighted by Gasteiger charge is -2.08. The number of non-ortho nitro benzene ring substituents is 1. The fourth-order valence-electron chi connectivity index (χ4n) is 1.89. The molecule has 0 aromatic heterocycles. The third-order valence-corrected chi connectivity index (χ3v) is 4.17. The second kappa shape index (κ2) is 7.60. The number of benzene rings is 2. The highest BCUT2D eigenvalue weighted by Crippen LogP contribution is 2.33. The van der Waals surface area contributed by atoms with Crippen LogP contribution in [0.25, 0.3) is 0 Å². The summed E-state index contributed by atoms with van der Waals surface area (Å²) < 4.78 is 9.30. The van der Waals surface area contributed by atoms with Crippen molar-refractivity contribution in [2.24, 2.45) is 0 Å². The molecule has 24 heavy (non-hydrogen) atoms. The van der Waals surface area contributed by atoms with Crippen LogP contribution in [0.2, 0.25) is 0 Å². The summed E-state index contributed by atoms with van der Waals surface area (Å²) in [5, 5.41) is 10.9. The summed E-state index contributed by atoms with van der Waals surface area (Å²) in [5.74, 6) is -1.11. The van der Waals surface area contributed by atoms with Gasteiger partial charge in [-0.1, -0.05) is 11.8 Å². The molecule has 0 spiro atoms. The Morgan fingerprint density at radius 2 is 1.62 bits per heavy atom. The molecule has 0 aliphatic heterocycles. The van der Waals surface area contributed by atoms with Gasteiger partial charge in [-0.25, -0.2) is 9.59 Å². The van der Waals surface area contributed by atoms with Gasteiger partial charge in [-0.3, -0.25) is 10.1 Å². The summed E-state index contributed by atoms with van der Waals surface area (Å²) in [7, 11) is 2.51. The van der Waals surface area contributed by atoms with Crippen LogP contribution in [0.5, 0.6) is 0 Å². The molecule has 0 radical (unpaired) electrons. The van der Waals surface area contributed by atoms with E-state index in [9.17, 15) is 19.7 Å². The lowest BCUT2D eigenvalue weighted by molar-refractivity contribution is -0.384. The molecule has 0 bridgehead atoms. The lowest BCUT2D eigenvalue weighted by atomic mass is 10.2. The molecule has 0 fully saturated rings. The van der Waals surface area contributed by atoms with Crippen LogP contribution >= 0.6 is 11.8 Å². The molecular weight excluding hydrogens is 334 g/mol.